The van der Waals surface area contributed by atoms with Crippen LogP contribution >= 0.6 is 0 Å². The van der Waals surface area contributed by atoms with Crippen molar-refractivity contribution >= 4 is 16.5 Å². The van der Waals surface area contributed by atoms with Crippen molar-refractivity contribution in [1.29, 1.82) is 0 Å². The summed E-state index contributed by atoms with van der Waals surface area (Å²) in [7, 11) is 4.23. The molecule has 1 nitrogen and oxygen atoms in total. The van der Waals surface area contributed by atoms with Crippen LogP contribution in [0.4, 0.5) is 5.69 Å². The fourth-order valence-corrected chi connectivity index (χ4v) is 2.35. The number of hydrogen-bond donors (Lipinski definition) is 0. The zero-order valence-corrected chi connectivity index (χ0v) is 11.0. The van der Waals surface area contributed by atoms with E-state index in [0.29, 0.717) is 0 Å². The summed E-state index contributed by atoms with van der Waals surface area (Å²) in [6, 6.07) is 13.2. The van der Waals surface area contributed by atoms with Gasteiger partial charge in [0.2, 0.25) is 0 Å². The largest absolute Gasteiger partial charge is 0.377 e. The van der Waals surface area contributed by atoms with Gasteiger partial charge in [-0.2, -0.15) is 0 Å². The van der Waals surface area contributed by atoms with Crippen molar-refractivity contribution in [2.24, 2.45) is 0 Å². The highest BCUT2D eigenvalue weighted by atomic mass is 15.1. The topological polar surface area (TPSA) is 3.24 Å². The maximum atomic E-state index is 2.27. The number of nitrogens with zero attached hydrogens (tertiary/aromatic N) is 1. The SMILES string of the molecule is CCCCc1cccc2cccc(N(C)C)c12. The Balaban J connectivity index is 2.58. The second-order valence-corrected chi connectivity index (χ2v) is 4.79. The summed E-state index contributed by atoms with van der Waals surface area (Å²) in [4.78, 5) is 2.21. The van der Waals surface area contributed by atoms with E-state index in [4.69, 9.17) is 0 Å². The van der Waals surface area contributed by atoms with Gasteiger partial charge in [-0.1, -0.05) is 43.7 Å². The van der Waals surface area contributed by atoms with Crippen molar-refractivity contribution in [1.82, 2.24) is 0 Å². The number of rotatable bonds is 4. The van der Waals surface area contributed by atoms with Crippen LogP contribution in [0.25, 0.3) is 10.8 Å². The molecule has 0 bridgehead atoms. The van der Waals surface area contributed by atoms with E-state index in [1.807, 2.05) is 0 Å². The Morgan fingerprint density at radius 3 is 2.35 bits per heavy atom. The molecule has 0 saturated carbocycles. The maximum absolute atomic E-state index is 2.27. The van der Waals surface area contributed by atoms with Crippen molar-refractivity contribution in [2.45, 2.75) is 26.2 Å². The second kappa shape index (κ2) is 5.22. The van der Waals surface area contributed by atoms with E-state index >= 15 is 0 Å². The zero-order chi connectivity index (χ0) is 12.3. The average molecular weight is 227 g/mol. The molecule has 0 atom stereocenters. The number of anilines is 1. The lowest BCUT2D eigenvalue weighted by Gasteiger charge is -2.18. The minimum absolute atomic E-state index is 1.18. The summed E-state index contributed by atoms with van der Waals surface area (Å²) in [6.07, 6.45) is 3.69. The summed E-state index contributed by atoms with van der Waals surface area (Å²) >= 11 is 0. The van der Waals surface area contributed by atoms with Crippen molar-refractivity contribution in [3.63, 3.8) is 0 Å². The van der Waals surface area contributed by atoms with Gasteiger partial charge in [-0.15, -0.1) is 0 Å². The van der Waals surface area contributed by atoms with E-state index in [0.717, 1.165) is 0 Å². The Morgan fingerprint density at radius 1 is 1.00 bits per heavy atom. The van der Waals surface area contributed by atoms with Gasteiger partial charge < -0.3 is 4.90 Å². The standard InChI is InChI=1S/C16H21N/c1-4-5-8-13-9-6-10-14-11-7-12-15(16(13)14)17(2)3/h6-7,9-12H,4-5,8H2,1-3H3. The molecular weight excluding hydrogens is 206 g/mol. The third kappa shape index (κ3) is 2.44. The molecule has 17 heavy (non-hydrogen) atoms. The predicted octanol–water partition coefficient (Wildman–Crippen LogP) is 4.25. The molecule has 0 saturated heterocycles. The fraction of sp³-hybridized carbons (Fsp3) is 0.375. The number of unbranched alkanes of at least 4 members (excludes halogenated alkanes) is 1. The zero-order valence-electron chi connectivity index (χ0n) is 11.0. The number of aryl methyl sites for hydroxylation is 1. The summed E-state index contributed by atoms with van der Waals surface area (Å²) in [5.74, 6) is 0. The molecule has 0 spiro atoms. The van der Waals surface area contributed by atoms with Gasteiger partial charge in [-0.05, 0) is 29.9 Å². The summed E-state index contributed by atoms with van der Waals surface area (Å²) in [5.41, 5.74) is 2.81. The quantitative estimate of drug-likeness (QED) is 0.754. The highest BCUT2D eigenvalue weighted by molar-refractivity contribution is 5.96. The first-order valence-corrected chi connectivity index (χ1v) is 6.42. The molecule has 2 rings (SSSR count). The van der Waals surface area contributed by atoms with Crippen molar-refractivity contribution < 1.29 is 0 Å². The summed E-state index contributed by atoms with van der Waals surface area (Å²) in [5, 5.41) is 2.78. The third-order valence-electron chi connectivity index (χ3n) is 3.25. The Bertz CT molecular complexity index is 495. The van der Waals surface area contributed by atoms with E-state index in [2.05, 4.69) is 62.3 Å². The van der Waals surface area contributed by atoms with Gasteiger partial charge in [0, 0.05) is 25.2 Å². The monoisotopic (exact) mass is 227 g/mol. The van der Waals surface area contributed by atoms with Crippen LogP contribution in [0.15, 0.2) is 36.4 Å². The van der Waals surface area contributed by atoms with Crippen LogP contribution in [-0.4, -0.2) is 14.1 Å². The fourth-order valence-electron chi connectivity index (χ4n) is 2.35. The molecule has 0 N–H and O–H groups in total. The Morgan fingerprint density at radius 2 is 1.71 bits per heavy atom. The Labute approximate surface area is 104 Å². The molecule has 0 unspecified atom stereocenters. The van der Waals surface area contributed by atoms with Crippen LogP contribution in [0.1, 0.15) is 25.3 Å². The van der Waals surface area contributed by atoms with E-state index in [9.17, 15) is 0 Å². The first-order valence-electron chi connectivity index (χ1n) is 6.42. The second-order valence-electron chi connectivity index (χ2n) is 4.79. The predicted molar refractivity (Wildman–Crippen MR) is 76.9 cm³/mol. The van der Waals surface area contributed by atoms with E-state index in [1.165, 1.54) is 41.3 Å². The van der Waals surface area contributed by atoms with Crippen LogP contribution in [-0.2, 0) is 6.42 Å². The van der Waals surface area contributed by atoms with E-state index in [1.54, 1.807) is 0 Å². The molecule has 1 heteroatoms. The lowest BCUT2D eigenvalue weighted by molar-refractivity contribution is 0.799. The van der Waals surface area contributed by atoms with E-state index < -0.39 is 0 Å². The number of fused-ring (bicyclic) bond motifs is 1. The van der Waals surface area contributed by atoms with E-state index in [-0.39, 0.29) is 0 Å². The van der Waals surface area contributed by atoms with Crippen LogP contribution in [0.5, 0.6) is 0 Å². The summed E-state index contributed by atoms with van der Waals surface area (Å²) < 4.78 is 0. The van der Waals surface area contributed by atoms with Crippen LogP contribution < -0.4 is 4.90 Å². The molecule has 0 heterocycles. The highest BCUT2D eigenvalue weighted by Gasteiger charge is 2.07. The van der Waals surface area contributed by atoms with Crippen LogP contribution in [0.3, 0.4) is 0 Å². The van der Waals surface area contributed by atoms with Gasteiger partial charge in [0.25, 0.3) is 0 Å². The normalized spacial score (nSPS) is 10.8. The molecule has 0 fully saturated rings. The number of hydrogen-bond acceptors (Lipinski definition) is 1. The minimum Gasteiger partial charge on any atom is -0.377 e. The lowest BCUT2D eigenvalue weighted by atomic mass is 9.98. The number of benzene rings is 2. The average Bonchev–Trinajstić information content (AvgIpc) is 2.35. The van der Waals surface area contributed by atoms with Crippen molar-refractivity contribution in [2.75, 3.05) is 19.0 Å². The van der Waals surface area contributed by atoms with Crippen LogP contribution in [0.2, 0.25) is 0 Å². The Kier molecular flexibility index (Phi) is 3.68. The minimum atomic E-state index is 1.18. The summed E-state index contributed by atoms with van der Waals surface area (Å²) in [6.45, 7) is 2.25. The molecule has 0 aromatic heterocycles. The van der Waals surface area contributed by atoms with Gasteiger partial charge in [-0.25, -0.2) is 0 Å². The molecule has 2 aromatic carbocycles. The first kappa shape index (κ1) is 12.0. The molecule has 2 aromatic rings. The maximum Gasteiger partial charge on any atom is 0.0443 e. The van der Waals surface area contributed by atoms with Gasteiger partial charge in [-0.3, -0.25) is 0 Å². The smallest absolute Gasteiger partial charge is 0.0443 e. The molecular formula is C16H21N. The molecule has 0 aliphatic rings. The molecule has 0 amide bonds. The van der Waals surface area contributed by atoms with Gasteiger partial charge in [0.1, 0.15) is 0 Å². The molecule has 0 aliphatic carbocycles. The Hall–Kier alpha value is -1.50. The van der Waals surface area contributed by atoms with Crippen molar-refractivity contribution in [3.05, 3.63) is 42.0 Å². The molecule has 0 aliphatic heterocycles. The first-order chi connectivity index (χ1) is 8.24. The lowest BCUT2D eigenvalue weighted by Crippen LogP contribution is -2.09. The molecule has 90 valence electrons. The third-order valence-corrected chi connectivity index (χ3v) is 3.25. The van der Waals surface area contributed by atoms with Gasteiger partial charge >= 0.3 is 0 Å². The highest BCUT2D eigenvalue weighted by Crippen LogP contribution is 2.29. The molecule has 0 radical (unpaired) electrons. The van der Waals surface area contributed by atoms with Crippen molar-refractivity contribution in [3.8, 4) is 0 Å². The van der Waals surface area contributed by atoms with Crippen LogP contribution in [0, 0.1) is 0 Å². The van der Waals surface area contributed by atoms with Gasteiger partial charge in [0.05, 0.1) is 0 Å². The van der Waals surface area contributed by atoms with Gasteiger partial charge in [0.15, 0.2) is 0 Å².